The Labute approximate surface area is 273 Å². The Kier molecular flexibility index (Phi) is 16.9. The summed E-state index contributed by atoms with van der Waals surface area (Å²) in [6.45, 7) is 3.84. The lowest BCUT2D eigenvalue weighted by Crippen LogP contribution is -2.53. The van der Waals surface area contributed by atoms with E-state index in [-0.39, 0.29) is 18.3 Å². The number of hydrogen-bond donors (Lipinski definition) is 4. The lowest BCUT2D eigenvalue weighted by atomic mass is 9.91. The molecule has 0 spiro atoms. The highest BCUT2D eigenvalue weighted by Gasteiger charge is 2.27. The Balaban J connectivity index is 0.000000350. The topological polar surface area (TPSA) is 117 Å². The summed E-state index contributed by atoms with van der Waals surface area (Å²) >= 11 is 1.47. The molecule has 0 heterocycles. The molecule has 0 aromatic heterocycles. The summed E-state index contributed by atoms with van der Waals surface area (Å²) in [6, 6.07) is 18.7. The van der Waals surface area contributed by atoms with Gasteiger partial charge in [-0.15, -0.1) is 0 Å². The van der Waals surface area contributed by atoms with Crippen molar-refractivity contribution in [1.82, 2.24) is 16.0 Å². The molecule has 45 heavy (non-hydrogen) atoms. The minimum Gasteiger partial charge on any atom is -0.480 e. The summed E-state index contributed by atoms with van der Waals surface area (Å²) < 4.78 is 5.23. The van der Waals surface area contributed by atoms with Crippen LogP contribution >= 0.6 is 11.8 Å². The lowest BCUT2D eigenvalue weighted by molar-refractivity contribution is -0.142. The van der Waals surface area contributed by atoms with Crippen molar-refractivity contribution < 1.29 is 24.2 Å². The van der Waals surface area contributed by atoms with Crippen LogP contribution in [0.5, 0.6) is 0 Å². The quantitative estimate of drug-likeness (QED) is 0.175. The number of alkyl carbamates (subject to hydrolysis) is 1. The molecule has 2 fully saturated rings. The molecule has 248 valence electrons. The maximum absolute atomic E-state index is 12.8. The number of carboxylic acids is 1. The van der Waals surface area contributed by atoms with E-state index >= 15 is 0 Å². The van der Waals surface area contributed by atoms with Crippen LogP contribution in [0.1, 0.15) is 95.6 Å². The van der Waals surface area contributed by atoms with E-state index < -0.39 is 30.1 Å². The van der Waals surface area contributed by atoms with Gasteiger partial charge in [0.15, 0.2) is 0 Å². The number of hydrogen-bond acceptors (Lipinski definition) is 6. The molecule has 0 aliphatic heterocycles. The molecule has 2 aliphatic rings. The van der Waals surface area contributed by atoms with Gasteiger partial charge in [-0.05, 0) is 49.1 Å². The third-order valence-electron chi connectivity index (χ3n) is 8.22. The highest BCUT2D eigenvalue weighted by Crippen LogP contribution is 2.22. The molecule has 4 rings (SSSR count). The van der Waals surface area contributed by atoms with Crippen LogP contribution in [0.25, 0.3) is 0 Å². The van der Waals surface area contributed by atoms with Crippen LogP contribution in [-0.2, 0) is 26.7 Å². The number of carboxylic acid groups (broad SMARTS) is 1. The zero-order valence-electron chi connectivity index (χ0n) is 27.0. The molecule has 2 aromatic carbocycles. The molecule has 2 unspecified atom stereocenters. The van der Waals surface area contributed by atoms with Gasteiger partial charge < -0.3 is 25.8 Å². The number of rotatable bonds is 14. The van der Waals surface area contributed by atoms with Crippen molar-refractivity contribution in [2.24, 2.45) is 5.92 Å². The fourth-order valence-electron chi connectivity index (χ4n) is 5.80. The number of benzene rings is 2. The van der Waals surface area contributed by atoms with E-state index in [1.54, 1.807) is 0 Å². The van der Waals surface area contributed by atoms with Crippen LogP contribution in [0.15, 0.2) is 60.7 Å². The minimum absolute atomic E-state index is 0.0727. The van der Waals surface area contributed by atoms with Crippen molar-refractivity contribution in [2.75, 3.05) is 5.75 Å². The van der Waals surface area contributed by atoms with Gasteiger partial charge in [-0.1, -0.05) is 113 Å². The predicted octanol–water partition coefficient (Wildman–Crippen LogP) is 7.07. The zero-order chi connectivity index (χ0) is 32.3. The number of amides is 2. The van der Waals surface area contributed by atoms with E-state index in [1.807, 2.05) is 74.5 Å². The van der Waals surface area contributed by atoms with Crippen molar-refractivity contribution in [3.8, 4) is 0 Å². The fraction of sp³-hybridized carbons (Fsp3) is 0.583. The molecule has 9 heteroatoms. The largest absolute Gasteiger partial charge is 0.480 e. The van der Waals surface area contributed by atoms with E-state index in [4.69, 9.17) is 4.74 Å². The molecular formula is C36H53N3O5S. The summed E-state index contributed by atoms with van der Waals surface area (Å²) in [5.74, 6) is -0.634. The second kappa shape index (κ2) is 20.9. The number of ether oxygens (including phenoxy) is 1. The molecular weight excluding hydrogens is 586 g/mol. The second-order valence-corrected chi connectivity index (χ2v) is 13.7. The van der Waals surface area contributed by atoms with Gasteiger partial charge in [0, 0.05) is 23.6 Å². The van der Waals surface area contributed by atoms with Gasteiger partial charge in [-0.2, -0.15) is 11.8 Å². The summed E-state index contributed by atoms with van der Waals surface area (Å²) in [6.07, 6.45) is 14.1. The van der Waals surface area contributed by atoms with Gasteiger partial charge in [0.1, 0.15) is 18.7 Å². The molecule has 0 saturated heterocycles. The first-order chi connectivity index (χ1) is 21.8. The number of carbonyl (C=O) groups excluding carboxylic acids is 2. The van der Waals surface area contributed by atoms with E-state index in [1.165, 1.54) is 76.0 Å². The Hall–Kier alpha value is -3.04. The first-order valence-corrected chi connectivity index (χ1v) is 17.8. The van der Waals surface area contributed by atoms with Gasteiger partial charge in [-0.3, -0.25) is 4.79 Å². The maximum Gasteiger partial charge on any atom is 0.408 e. The zero-order valence-corrected chi connectivity index (χ0v) is 27.9. The van der Waals surface area contributed by atoms with Crippen LogP contribution in [-0.4, -0.2) is 53.0 Å². The molecule has 8 nitrogen and oxygen atoms in total. The standard InChI is InChI=1S/C24H30N2O5S.C12H23N/c1-17(2)13-20(23(28)29)25-22(27)21(16-32-15-19-11-7-4-8-12-19)26-24(30)31-14-18-9-5-3-6-10-18;1-3-7-11(8-4-1)13-12-9-5-2-6-10-12/h3-12,17,20-21H,13-16H2,1-2H3,(H,25,27)(H,26,30)(H,28,29);11-13H,1-10H2. The van der Waals surface area contributed by atoms with Crippen molar-refractivity contribution in [1.29, 1.82) is 0 Å². The monoisotopic (exact) mass is 639 g/mol. The van der Waals surface area contributed by atoms with Crippen LogP contribution in [0, 0.1) is 5.92 Å². The number of aliphatic carboxylic acids is 1. The first-order valence-electron chi connectivity index (χ1n) is 16.7. The van der Waals surface area contributed by atoms with Crippen molar-refractivity contribution in [3.05, 3.63) is 71.8 Å². The average Bonchev–Trinajstić information content (AvgIpc) is 3.05. The Morgan fingerprint density at radius 1 is 0.778 bits per heavy atom. The minimum atomic E-state index is -1.10. The van der Waals surface area contributed by atoms with Gasteiger partial charge >= 0.3 is 12.1 Å². The summed E-state index contributed by atoms with van der Waals surface area (Å²) in [5, 5.41) is 18.4. The van der Waals surface area contributed by atoms with Crippen molar-refractivity contribution in [2.45, 2.75) is 121 Å². The predicted molar refractivity (Wildman–Crippen MR) is 182 cm³/mol. The molecule has 0 radical (unpaired) electrons. The first kappa shape index (κ1) is 36.4. The summed E-state index contributed by atoms with van der Waals surface area (Å²) in [7, 11) is 0. The van der Waals surface area contributed by atoms with Crippen LogP contribution in [0.4, 0.5) is 4.79 Å². The third kappa shape index (κ3) is 15.2. The second-order valence-electron chi connectivity index (χ2n) is 12.6. The van der Waals surface area contributed by atoms with Gasteiger partial charge in [0.05, 0.1) is 0 Å². The van der Waals surface area contributed by atoms with Gasteiger partial charge in [0.2, 0.25) is 5.91 Å². The van der Waals surface area contributed by atoms with E-state index in [0.29, 0.717) is 12.2 Å². The Bertz CT molecular complexity index is 1110. The number of thioether (sulfide) groups is 1. The molecule has 2 amide bonds. The van der Waals surface area contributed by atoms with Crippen molar-refractivity contribution >= 4 is 29.7 Å². The van der Waals surface area contributed by atoms with Crippen LogP contribution in [0.3, 0.4) is 0 Å². The van der Waals surface area contributed by atoms with Crippen LogP contribution < -0.4 is 16.0 Å². The molecule has 4 N–H and O–H groups in total. The van der Waals surface area contributed by atoms with E-state index in [0.717, 1.165) is 23.2 Å². The summed E-state index contributed by atoms with van der Waals surface area (Å²) in [4.78, 5) is 36.7. The maximum atomic E-state index is 12.8. The highest BCUT2D eigenvalue weighted by atomic mass is 32.2. The van der Waals surface area contributed by atoms with Gasteiger partial charge in [-0.25, -0.2) is 9.59 Å². The lowest BCUT2D eigenvalue weighted by Gasteiger charge is -2.30. The average molecular weight is 640 g/mol. The molecule has 0 bridgehead atoms. The van der Waals surface area contributed by atoms with Gasteiger partial charge in [0.25, 0.3) is 0 Å². The normalized spacial score (nSPS) is 17.0. The molecule has 2 aliphatic carbocycles. The molecule has 2 saturated carbocycles. The Morgan fingerprint density at radius 2 is 1.31 bits per heavy atom. The SMILES string of the molecule is C1CCC(NC2CCCCC2)CC1.CC(C)CC(NC(=O)C(CSCc1ccccc1)NC(=O)OCc1ccccc1)C(=O)O. The summed E-state index contributed by atoms with van der Waals surface area (Å²) in [5.41, 5.74) is 1.91. The van der Waals surface area contributed by atoms with Crippen LogP contribution in [0.2, 0.25) is 0 Å². The molecule has 2 aromatic rings. The number of nitrogens with one attached hydrogen (secondary N) is 3. The third-order valence-corrected chi connectivity index (χ3v) is 9.33. The van der Waals surface area contributed by atoms with Crippen molar-refractivity contribution in [3.63, 3.8) is 0 Å². The highest BCUT2D eigenvalue weighted by molar-refractivity contribution is 7.98. The number of carbonyl (C=O) groups is 3. The molecule has 2 atom stereocenters. The van der Waals surface area contributed by atoms with E-state index in [9.17, 15) is 19.5 Å². The fourth-order valence-corrected chi connectivity index (χ4v) is 6.81. The smallest absolute Gasteiger partial charge is 0.408 e. The van der Waals surface area contributed by atoms with E-state index in [2.05, 4.69) is 16.0 Å². The Morgan fingerprint density at radius 3 is 1.82 bits per heavy atom.